The Morgan fingerprint density at radius 1 is 1.16 bits per heavy atom. The number of aromatic nitrogens is 1. The van der Waals surface area contributed by atoms with Gasteiger partial charge in [-0.2, -0.15) is 0 Å². The van der Waals surface area contributed by atoms with E-state index in [-0.39, 0.29) is 12.5 Å². The zero-order valence-electron chi connectivity index (χ0n) is 14.7. The topological polar surface area (TPSA) is 68.7 Å². The Kier molecular flexibility index (Phi) is 6.51. The number of ether oxygens (including phenoxy) is 2. The monoisotopic (exact) mass is 342 g/mol. The van der Waals surface area contributed by atoms with Crippen molar-refractivity contribution in [1.82, 2.24) is 9.88 Å². The Balaban J connectivity index is 2.23. The number of aryl methyl sites for hydroxylation is 1. The summed E-state index contributed by atoms with van der Waals surface area (Å²) in [5.74, 6) is -0.303. The van der Waals surface area contributed by atoms with Gasteiger partial charge in [-0.3, -0.25) is 9.59 Å². The van der Waals surface area contributed by atoms with Crippen LogP contribution in [0.1, 0.15) is 28.4 Å². The number of pyridine rings is 1. The number of carbonyl (C=O) groups is 2. The van der Waals surface area contributed by atoms with Crippen LogP contribution in [0.25, 0.3) is 0 Å². The lowest BCUT2D eigenvalue weighted by atomic mass is 10.1. The Hall–Kier alpha value is -2.89. The maximum Gasteiger partial charge on any atom is 0.325 e. The van der Waals surface area contributed by atoms with E-state index in [2.05, 4.69) is 4.98 Å². The van der Waals surface area contributed by atoms with Crippen molar-refractivity contribution in [2.75, 3.05) is 20.3 Å². The predicted molar refractivity (Wildman–Crippen MR) is 93.3 cm³/mol. The average molecular weight is 342 g/mol. The van der Waals surface area contributed by atoms with E-state index < -0.39 is 5.97 Å². The van der Waals surface area contributed by atoms with Crippen LogP contribution < -0.4 is 4.74 Å². The largest absolute Gasteiger partial charge is 0.478 e. The molecule has 0 atom stereocenters. The zero-order chi connectivity index (χ0) is 18.2. The quantitative estimate of drug-likeness (QED) is 0.724. The van der Waals surface area contributed by atoms with Gasteiger partial charge in [0.1, 0.15) is 6.54 Å². The molecule has 0 bridgehead atoms. The maximum atomic E-state index is 12.8. The second-order valence-electron chi connectivity index (χ2n) is 5.48. The molecule has 0 aliphatic carbocycles. The van der Waals surface area contributed by atoms with Gasteiger partial charge < -0.3 is 14.4 Å². The minimum atomic E-state index is -0.471. The molecule has 0 saturated carbocycles. The molecule has 1 heterocycles. The van der Waals surface area contributed by atoms with Crippen molar-refractivity contribution in [1.29, 1.82) is 0 Å². The van der Waals surface area contributed by atoms with Crippen LogP contribution in [0.2, 0.25) is 0 Å². The van der Waals surface area contributed by atoms with Gasteiger partial charge in [0.25, 0.3) is 5.91 Å². The highest BCUT2D eigenvalue weighted by atomic mass is 16.5. The Labute approximate surface area is 147 Å². The summed E-state index contributed by atoms with van der Waals surface area (Å²) in [7, 11) is 1.30. The second-order valence-corrected chi connectivity index (χ2v) is 5.48. The number of rotatable bonds is 7. The van der Waals surface area contributed by atoms with Crippen LogP contribution in [0.5, 0.6) is 5.88 Å². The number of esters is 1. The van der Waals surface area contributed by atoms with Crippen LogP contribution in [0.3, 0.4) is 0 Å². The highest BCUT2D eigenvalue weighted by Crippen LogP contribution is 2.15. The summed E-state index contributed by atoms with van der Waals surface area (Å²) in [5, 5.41) is 0. The van der Waals surface area contributed by atoms with Gasteiger partial charge >= 0.3 is 5.97 Å². The lowest BCUT2D eigenvalue weighted by Gasteiger charge is -2.22. The molecule has 1 aromatic carbocycles. The third-order valence-corrected chi connectivity index (χ3v) is 3.73. The lowest BCUT2D eigenvalue weighted by Crippen LogP contribution is -2.36. The number of hydrogen-bond donors (Lipinski definition) is 0. The minimum absolute atomic E-state index is 0.128. The first-order valence-electron chi connectivity index (χ1n) is 8.04. The number of benzene rings is 1. The van der Waals surface area contributed by atoms with Crippen LogP contribution in [0.4, 0.5) is 0 Å². The zero-order valence-corrected chi connectivity index (χ0v) is 14.7. The molecule has 2 rings (SSSR count). The number of nitrogens with zero attached hydrogens (tertiary/aromatic N) is 2. The van der Waals surface area contributed by atoms with Gasteiger partial charge in [-0.25, -0.2) is 4.98 Å². The van der Waals surface area contributed by atoms with E-state index in [9.17, 15) is 9.59 Å². The molecule has 0 saturated heterocycles. The molecular formula is C19H22N2O4. The summed E-state index contributed by atoms with van der Waals surface area (Å²) >= 11 is 0. The van der Waals surface area contributed by atoms with Crippen LogP contribution in [-0.4, -0.2) is 42.0 Å². The van der Waals surface area contributed by atoms with E-state index in [4.69, 9.17) is 9.47 Å². The third-order valence-electron chi connectivity index (χ3n) is 3.73. The molecule has 0 N–H and O–H groups in total. The molecule has 0 aliphatic heterocycles. The van der Waals surface area contributed by atoms with E-state index in [1.807, 2.05) is 38.1 Å². The third kappa shape index (κ3) is 5.04. The van der Waals surface area contributed by atoms with Crippen molar-refractivity contribution in [2.24, 2.45) is 0 Å². The van der Waals surface area contributed by atoms with Gasteiger partial charge in [-0.15, -0.1) is 0 Å². The first-order valence-corrected chi connectivity index (χ1v) is 8.04. The molecule has 0 unspecified atom stereocenters. The first-order chi connectivity index (χ1) is 12.0. The van der Waals surface area contributed by atoms with Crippen molar-refractivity contribution < 1.29 is 19.1 Å². The maximum absolute atomic E-state index is 12.8. The molecule has 6 nitrogen and oxygen atoms in total. The van der Waals surface area contributed by atoms with Gasteiger partial charge in [0, 0.05) is 18.8 Å². The summed E-state index contributed by atoms with van der Waals surface area (Å²) in [4.78, 5) is 30.1. The Morgan fingerprint density at radius 2 is 1.92 bits per heavy atom. The molecule has 6 heteroatoms. The van der Waals surface area contributed by atoms with E-state index in [1.165, 1.54) is 18.2 Å². The molecule has 1 aromatic heterocycles. The van der Waals surface area contributed by atoms with Gasteiger partial charge in [0.05, 0.1) is 19.3 Å². The first kappa shape index (κ1) is 18.4. The Morgan fingerprint density at radius 3 is 2.52 bits per heavy atom. The molecule has 2 aromatic rings. The summed E-state index contributed by atoms with van der Waals surface area (Å²) in [5.41, 5.74) is 2.41. The van der Waals surface area contributed by atoms with Crippen molar-refractivity contribution in [3.63, 3.8) is 0 Å². The molecular weight excluding hydrogens is 320 g/mol. The minimum Gasteiger partial charge on any atom is -0.478 e. The summed E-state index contributed by atoms with van der Waals surface area (Å²) < 4.78 is 10.0. The fourth-order valence-corrected chi connectivity index (χ4v) is 2.34. The van der Waals surface area contributed by atoms with Gasteiger partial charge in [0.15, 0.2) is 0 Å². The standard InChI is InChI=1S/C19H22N2O4/c1-4-25-17-10-9-15(11-20-17)19(23)21(13-18(22)24-3)12-16-8-6-5-7-14(16)2/h5-11H,4,12-13H2,1-3H3. The number of carbonyl (C=O) groups excluding carboxylic acids is 2. The van der Waals surface area contributed by atoms with Gasteiger partial charge in [-0.1, -0.05) is 24.3 Å². The van der Waals surface area contributed by atoms with Crippen LogP contribution in [0, 0.1) is 6.92 Å². The summed E-state index contributed by atoms with van der Waals surface area (Å²) in [6, 6.07) is 11.0. The van der Waals surface area contributed by atoms with Crippen molar-refractivity contribution in [3.05, 3.63) is 59.3 Å². The fourth-order valence-electron chi connectivity index (χ4n) is 2.34. The number of amides is 1. The fraction of sp³-hybridized carbons (Fsp3) is 0.316. The number of methoxy groups -OCH3 is 1. The average Bonchev–Trinajstić information content (AvgIpc) is 2.63. The second kappa shape index (κ2) is 8.82. The van der Waals surface area contributed by atoms with Gasteiger partial charge in [-0.05, 0) is 31.0 Å². The van der Waals surface area contributed by atoms with E-state index in [0.717, 1.165) is 11.1 Å². The molecule has 0 aliphatic rings. The van der Waals surface area contributed by atoms with Crippen molar-refractivity contribution in [2.45, 2.75) is 20.4 Å². The molecule has 0 fully saturated rings. The van der Waals surface area contributed by atoms with Crippen molar-refractivity contribution >= 4 is 11.9 Å². The molecule has 132 valence electrons. The summed E-state index contributed by atoms with van der Waals surface area (Å²) in [6.45, 7) is 4.52. The number of hydrogen-bond acceptors (Lipinski definition) is 5. The van der Waals surface area contributed by atoms with Crippen LogP contribution >= 0.6 is 0 Å². The normalized spacial score (nSPS) is 10.2. The molecule has 0 radical (unpaired) electrons. The molecule has 1 amide bonds. The van der Waals surface area contributed by atoms with E-state index >= 15 is 0 Å². The highest BCUT2D eigenvalue weighted by molar-refractivity contribution is 5.95. The predicted octanol–water partition coefficient (Wildman–Crippen LogP) is 2.60. The van der Waals surface area contributed by atoms with Gasteiger partial charge in [0.2, 0.25) is 5.88 Å². The SMILES string of the molecule is CCOc1ccc(C(=O)N(CC(=O)OC)Cc2ccccc2C)cn1. The van der Waals surface area contributed by atoms with Crippen LogP contribution in [0.15, 0.2) is 42.6 Å². The molecule has 0 spiro atoms. The van der Waals surface area contributed by atoms with Crippen LogP contribution in [-0.2, 0) is 16.1 Å². The Bertz CT molecular complexity index is 728. The molecule has 25 heavy (non-hydrogen) atoms. The van der Waals surface area contributed by atoms with E-state index in [1.54, 1.807) is 12.1 Å². The lowest BCUT2D eigenvalue weighted by molar-refractivity contribution is -0.141. The smallest absolute Gasteiger partial charge is 0.325 e. The highest BCUT2D eigenvalue weighted by Gasteiger charge is 2.20. The van der Waals surface area contributed by atoms with E-state index in [0.29, 0.717) is 24.6 Å². The van der Waals surface area contributed by atoms with Crippen molar-refractivity contribution in [3.8, 4) is 5.88 Å². The summed E-state index contributed by atoms with van der Waals surface area (Å²) in [6.07, 6.45) is 1.45.